The van der Waals surface area contributed by atoms with Crippen LogP contribution in [0.5, 0.6) is 0 Å². The summed E-state index contributed by atoms with van der Waals surface area (Å²) in [6, 6.07) is 1.45. The summed E-state index contributed by atoms with van der Waals surface area (Å²) in [5.41, 5.74) is 0.253. The Morgan fingerprint density at radius 1 is 1.50 bits per heavy atom. The normalized spacial score (nSPS) is 12.7. The van der Waals surface area contributed by atoms with Crippen LogP contribution in [0.15, 0.2) is 23.4 Å². The molecule has 1 atom stereocenters. The largest absolute Gasteiger partial charge is 0.612 e. The molecule has 1 aromatic rings. The summed E-state index contributed by atoms with van der Waals surface area (Å²) >= 11 is -1.14. The lowest BCUT2D eigenvalue weighted by Gasteiger charge is -2.04. The predicted molar refractivity (Wildman–Crippen MR) is 46.4 cm³/mol. The van der Waals surface area contributed by atoms with Crippen LogP contribution in [0.25, 0.3) is 0 Å². The first-order chi connectivity index (χ1) is 5.61. The molecule has 0 radical (unpaired) electrons. The molecule has 64 valence electrons. The molecule has 0 saturated heterocycles. The predicted octanol–water partition coefficient (Wildman–Crippen LogP) is -1.50. The van der Waals surface area contributed by atoms with Crippen LogP contribution in [0.4, 0.5) is 0 Å². The third-order valence-corrected chi connectivity index (χ3v) is 2.25. The quantitative estimate of drug-likeness (QED) is 0.434. The second-order valence-corrected chi connectivity index (χ2v) is 3.66. The van der Waals surface area contributed by atoms with Crippen molar-refractivity contribution < 1.29 is 14.6 Å². The van der Waals surface area contributed by atoms with E-state index in [9.17, 15) is 4.55 Å². The average Bonchev–Trinajstić information content (AvgIpc) is 2.04. The Morgan fingerprint density at radius 2 is 2.17 bits per heavy atom. The summed E-state index contributed by atoms with van der Waals surface area (Å²) in [6.07, 6.45) is 4.26. The molecule has 4 nitrogen and oxygen atoms in total. The van der Waals surface area contributed by atoms with Gasteiger partial charge in [-0.25, -0.2) is 0 Å². The van der Waals surface area contributed by atoms with Crippen molar-refractivity contribution in [3.63, 3.8) is 0 Å². The topological polar surface area (TPSA) is 76.4 Å². The van der Waals surface area contributed by atoms with Gasteiger partial charge in [0.05, 0.1) is 6.20 Å². The van der Waals surface area contributed by atoms with E-state index in [1.165, 1.54) is 24.7 Å². The zero-order chi connectivity index (χ0) is 9.14. The van der Waals surface area contributed by atoms with Crippen LogP contribution in [-0.4, -0.2) is 33.0 Å². The first-order valence-electron chi connectivity index (χ1n) is 3.26. The summed E-state index contributed by atoms with van der Waals surface area (Å²) in [5.74, 6) is 0. The van der Waals surface area contributed by atoms with Crippen LogP contribution in [-0.2, 0) is 11.2 Å². The van der Waals surface area contributed by atoms with E-state index in [1.54, 1.807) is 0 Å². The van der Waals surface area contributed by atoms with Crippen LogP contribution >= 0.6 is 0 Å². The molecule has 0 aromatic carbocycles. The van der Waals surface area contributed by atoms with Gasteiger partial charge in [0.15, 0.2) is 4.90 Å². The fraction of sp³-hybridized carbons (Fsp3) is 0.167. The van der Waals surface area contributed by atoms with E-state index in [2.05, 4.69) is 4.98 Å². The van der Waals surface area contributed by atoms with Crippen molar-refractivity contribution in [2.45, 2.75) is 4.90 Å². The number of aromatic nitrogens is 1. The molecule has 0 saturated carbocycles. The minimum atomic E-state index is -1.55. The Balaban J connectivity index is 2.96. The standard InChI is InChI=1S/C6H8BNO3S/c1-12(11)6-2-5(7(9)10)3-8-4-6/h2-4,9-10H,1H3. The molecule has 12 heavy (non-hydrogen) atoms. The smallest absolute Gasteiger partial charge is 0.490 e. The molecule has 0 amide bonds. The Hall–Kier alpha value is -0.555. The van der Waals surface area contributed by atoms with Gasteiger partial charge >= 0.3 is 7.12 Å². The zero-order valence-corrected chi connectivity index (χ0v) is 7.28. The monoisotopic (exact) mass is 185 g/mol. The van der Waals surface area contributed by atoms with E-state index < -0.39 is 18.3 Å². The Kier molecular flexibility index (Phi) is 3.10. The number of rotatable bonds is 2. The highest BCUT2D eigenvalue weighted by atomic mass is 32.2. The lowest BCUT2D eigenvalue weighted by atomic mass is 9.82. The maximum absolute atomic E-state index is 10.9. The van der Waals surface area contributed by atoms with Crippen molar-refractivity contribution in [2.24, 2.45) is 0 Å². The Labute approximate surface area is 73.6 Å². The SMILES string of the molecule is C[S+]([O-])c1cncc(B(O)O)c1. The van der Waals surface area contributed by atoms with Crippen LogP contribution in [0.3, 0.4) is 0 Å². The lowest BCUT2D eigenvalue weighted by molar-refractivity contribution is 0.425. The van der Waals surface area contributed by atoms with Crippen molar-refractivity contribution in [1.29, 1.82) is 0 Å². The van der Waals surface area contributed by atoms with Crippen LogP contribution < -0.4 is 5.46 Å². The van der Waals surface area contributed by atoms with Gasteiger partial charge < -0.3 is 14.6 Å². The van der Waals surface area contributed by atoms with E-state index in [4.69, 9.17) is 10.0 Å². The summed E-state index contributed by atoms with van der Waals surface area (Å²) in [7, 11) is -1.55. The van der Waals surface area contributed by atoms with Gasteiger partial charge in [-0.15, -0.1) is 0 Å². The molecular formula is C6H8BNO3S. The second-order valence-electron chi connectivity index (χ2n) is 2.28. The molecule has 1 unspecified atom stereocenters. The Morgan fingerprint density at radius 3 is 2.67 bits per heavy atom. The molecule has 1 heterocycles. The van der Waals surface area contributed by atoms with Gasteiger partial charge in [-0.2, -0.15) is 0 Å². The zero-order valence-electron chi connectivity index (χ0n) is 6.47. The van der Waals surface area contributed by atoms with Crippen molar-refractivity contribution in [3.05, 3.63) is 18.5 Å². The van der Waals surface area contributed by atoms with Gasteiger partial charge in [-0.3, -0.25) is 4.98 Å². The fourth-order valence-corrected chi connectivity index (χ4v) is 1.25. The highest BCUT2D eigenvalue weighted by Crippen LogP contribution is 2.03. The molecule has 1 rings (SSSR count). The molecule has 1 aromatic heterocycles. The van der Waals surface area contributed by atoms with Crippen molar-refractivity contribution in [2.75, 3.05) is 6.26 Å². The number of hydrogen-bond acceptors (Lipinski definition) is 4. The highest BCUT2D eigenvalue weighted by molar-refractivity contribution is 7.90. The summed E-state index contributed by atoms with van der Waals surface area (Å²) < 4.78 is 10.9. The van der Waals surface area contributed by atoms with Gasteiger partial charge in [-0.1, -0.05) is 0 Å². The number of pyridine rings is 1. The Bertz CT molecular complexity index is 245. The lowest BCUT2D eigenvalue weighted by Crippen LogP contribution is -2.30. The van der Waals surface area contributed by atoms with Crippen molar-refractivity contribution >= 4 is 23.8 Å². The third kappa shape index (κ3) is 2.21. The fourth-order valence-electron chi connectivity index (χ4n) is 0.734. The molecule has 6 heteroatoms. The van der Waals surface area contributed by atoms with Crippen LogP contribution in [0.2, 0.25) is 0 Å². The van der Waals surface area contributed by atoms with Gasteiger partial charge in [-0.05, 0) is 17.2 Å². The summed E-state index contributed by atoms with van der Waals surface area (Å²) in [4.78, 5) is 4.20. The molecule has 0 aliphatic heterocycles. The summed E-state index contributed by atoms with van der Waals surface area (Å²) in [6.45, 7) is 0. The average molecular weight is 185 g/mol. The molecule has 0 aliphatic rings. The van der Waals surface area contributed by atoms with Gasteiger partial charge in [0, 0.05) is 11.7 Å². The summed E-state index contributed by atoms with van der Waals surface area (Å²) in [5, 5.41) is 17.5. The molecule has 0 fully saturated rings. The molecule has 0 bridgehead atoms. The maximum Gasteiger partial charge on any atom is 0.490 e. The van der Waals surface area contributed by atoms with Gasteiger partial charge in [0.25, 0.3) is 0 Å². The van der Waals surface area contributed by atoms with Gasteiger partial charge in [0.1, 0.15) is 6.26 Å². The van der Waals surface area contributed by atoms with Crippen molar-refractivity contribution in [3.8, 4) is 0 Å². The third-order valence-electron chi connectivity index (χ3n) is 1.36. The van der Waals surface area contributed by atoms with Crippen molar-refractivity contribution in [1.82, 2.24) is 4.98 Å². The first-order valence-corrected chi connectivity index (χ1v) is 4.81. The number of hydrogen-bond donors (Lipinski definition) is 2. The molecule has 0 aliphatic carbocycles. The molecule has 0 spiro atoms. The van der Waals surface area contributed by atoms with Crippen LogP contribution in [0.1, 0.15) is 0 Å². The van der Waals surface area contributed by atoms with E-state index >= 15 is 0 Å². The van der Waals surface area contributed by atoms with E-state index in [0.29, 0.717) is 4.90 Å². The van der Waals surface area contributed by atoms with E-state index in [-0.39, 0.29) is 5.46 Å². The van der Waals surface area contributed by atoms with Crippen LogP contribution in [0, 0.1) is 0 Å². The van der Waals surface area contributed by atoms with Gasteiger partial charge in [0.2, 0.25) is 0 Å². The van der Waals surface area contributed by atoms with E-state index in [1.807, 2.05) is 0 Å². The number of nitrogens with zero attached hydrogens (tertiary/aromatic N) is 1. The molecular weight excluding hydrogens is 177 g/mol. The first kappa shape index (κ1) is 9.53. The minimum Gasteiger partial charge on any atom is -0.612 e. The second kappa shape index (κ2) is 3.91. The highest BCUT2D eigenvalue weighted by Gasteiger charge is 2.14. The molecule has 2 N–H and O–H groups in total. The van der Waals surface area contributed by atoms with E-state index in [0.717, 1.165) is 0 Å². The minimum absolute atomic E-state index is 0.253. The maximum atomic E-state index is 10.9.